The van der Waals surface area contributed by atoms with Crippen molar-refractivity contribution in [3.8, 4) is 17.3 Å². The number of amides is 2. The van der Waals surface area contributed by atoms with Gasteiger partial charge in [-0.2, -0.15) is 5.26 Å². The summed E-state index contributed by atoms with van der Waals surface area (Å²) in [6.45, 7) is 7.23. The summed E-state index contributed by atoms with van der Waals surface area (Å²) in [5, 5.41) is 8.98. The second-order valence-electron chi connectivity index (χ2n) is 9.03. The van der Waals surface area contributed by atoms with Crippen molar-refractivity contribution < 1.29 is 18.7 Å². The molecule has 0 bridgehead atoms. The molecule has 2 heterocycles. The summed E-state index contributed by atoms with van der Waals surface area (Å²) in [5.41, 5.74) is 0.786. The number of anilines is 1. The molecule has 9 heteroatoms. The first-order valence-electron chi connectivity index (χ1n) is 10.7. The van der Waals surface area contributed by atoms with E-state index in [1.807, 2.05) is 25.7 Å². The highest BCUT2D eigenvalue weighted by molar-refractivity contribution is 5.99. The summed E-state index contributed by atoms with van der Waals surface area (Å²) in [5.74, 6) is -0.359. The number of nitrogens with zero attached hydrogens (tertiary/aromatic N) is 5. The van der Waals surface area contributed by atoms with Crippen molar-refractivity contribution in [1.29, 1.82) is 5.26 Å². The number of pyridine rings is 1. The van der Waals surface area contributed by atoms with Crippen molar-refractivity contribution in [2.24, 2.45) is 0 Å². The summed E-state index contributed by atoms with van der Waals surface area (Å²) < 4.78 is 19.6. The van der Waals surface area contributed by atoms with Gasteiger partial charge in [0.05, 0.1) is 16.8 Å². The lowest BCUT2D eigenvalue weighted by Gasteiger charge is -2.37. The predicted octanol–water partition coefficient (Wildman–Crippen LogP) is 3.52. The van der Waals surface area contributed by atoms with Crippen molar-refractivity contribution in [1.82, 2.24) is 14.8 Å². The zero-order valence-corrected chi connectivity index (χ0v) is 19.6. The lowest BCUT2D eigenvalue weighted by Crippen LogP contribution is -2.50. The van der Waals surface area contributed by atoms with Crippen LogP contribution in [0, 0.1) is 17.1 Å². The normalized spacial score (nSPS) is 14.0. The van der Waals surface area contributed by atoms with Gasteiger partial charge in [-0.3, -0.25) is 4.79 Å². The van der Waals surface area contributed by atoms with Gasteiger partial charge in [-0.1, -0.05) is 6.07 Å². The molecule has 1 aromatic heterocycles. The number of halogens is 1. The van der Waals surface area contributed by atoms with E-state index >= 15 is 0 Å². The number of hydrogen-bond acceptors (Lipinski definition) is 6. The third kappa shape index (κ3) is 5.58. The molecule has 0 atom stereocenters. The monoisotopic (exact) mass is 453 g/mol. The number of nitriles is 1. The third-order valence-corrected chi connectivity index (χ3v) is 5.13. The number of ether oxygens (including phenoxy) is 1. The molecule has 0 unspecified atom stereocenters. The maximum absolute atomic E-state index is 14.2. The smallest absolute Gasteiger partial charge is 0.410 e. The van der Waals surface area contributed by atoms with Gasteiger partial charge in [0.15, 0.2) is 0 Å². The number of carbonyl (C=O) groups excluding carboxylic acids is 2. The molecule has 1 aliphatic heterocycles. The van der Waals surface area contributed by atoms with Crippen molar-refractivity contribution in [2.75, 3.05) is 45.2 Å². The lowest BCUT2D eigenvalue weighted by atomic mass is 10.1. The summed E-state index contributed by atoms with van der Waals surface area (Å²) in [4.78, 5) is 34.9. The molecule has 0 saturated carbocycles. The standard InChI is InChI=1S/C24H28FN5O3/c1-24(2,3)33-23(32)30-12-10-29(11-13-30)21-18(22(31)28(4)5)8-9-20(27-21)16-6-7-17(15-26)19(25)14-16/h6-9,14H,10-13H2,1-5H3. The van der Waals surface area contributed by atoms with Crippen LogP contribution in [0.1, 0.15) is 36.7 Å². The molecule has 1 fully saturated rings. The van der Waals surface area contributed by atoms with Crippen LogP contribution in [0.3, 0.4) is 0 Å². The molecular formula is C24H28FN5O3. The minimum Gasteiger partial charge on any atom is -0.444 e. The van der Waals surface area contributed by atoms with E-state index in [0.717, 1.165) is 0 Å². The second kappa shape index (κ2) is 9.45. The zero-order valence-electron chi connectivity index (χ0n) is 19.6. The molecule has 1 saturated heterocycles. The van der Waals surface area contributed by atoms with E-state index in [1.165, 1.54) is 17.0 Å². The highest BCUT2D eigenvalue weighted by atomic mass is 19.1. The average molecular weight is 454 g/mol. The Bertz CT molecular complexity index is 1100. The van der Waals surface area contributed by atoms with Crippen molar-refractivity contribution in [3.63, 3.8) is 0 Å². The van der Waals surface area contributed by atoms with Gasteiger partial charge in [0.1, 0.15) is 23.3 Å². The molecule has 1 aromatic carbocycles. The highest BCUT2D eigenvalue weighted by Crippen LogP contribution is 2.27. The van der Waals surface area contributed by atoms with E-state index in [4.69, 9.17) is 15.0 Å². The fourth-order valence-corrected chi connectivity index (χ4v) is 3.45. The van der Waals surface area contributed by atoms with Crippen LogP contribution in [0.2, 0.25) is 0 Å². The number of piperazine rings is 1. The number of rotatable bonds is 3. The first-order chi connectivity index (χ1) is 15.5. The van der Waals surface area contributed by atoms with E-state index < -0.39 is 11.4 Å². The van der Waals surface area contributed by atoms with Gasteiger partial charge in [0.2, 0.25) is 0 Å². The van der Waals surface area contributed by atoms with Crippen LogP contribution in [0.4, 0.5) is 15.0 Å². The average Bonchev–Trinajstić information content (AvgIpc) is 2.77. The largest absolute Gasteiger partial charge is 0.444 e. The van der Waals surface area contributed by atoms with Gasteiger partial charge in [-0.25, -0.2) is 14.2 Å². The SMILES string of the molecule is CN(C)C(=O)c1ccc(-c2ccc(C#N)c(F)c2)nc1N1CCN(C(=O)OC(C)(C)C)CC1. The molecule has 3 rings (SSSR count). The Morgan fingerprint density at radius 2 is 1.79 bits per heavy atom. The molecule has 1 aliphatic rings. The molecule has 0 spiro atoms. The van der Waals surface area contributed by atoms with E-state index in [-0.39, 0.29) is 17.6 Å². The quantitative estimate of drug-likeness (QED) is 0.707. The Labute approximate surface area is 193 Å². The minimum atomic E-state index is -0.627. The van der Waals surface area contributed by atoms with Crippen LogP contribution in [-0.2, 0) is 4.74 Å². The predicted molar refractivity (Wildman–Crippen MR) is 122 cm³/mol. The van der Waals surface area contributed by atoms with E-state index in [2.05, 4.69) is 0 Å². The lowest BCUT2D eigenvalue weighted by molar-refractivity contribution is 0.0240. The number of benzene rings is 1. The van der Waals surface area contributed by atoms with Gasteiger partial charge < -0.3 is 19.4 Å². The first kappa shape index (κ1) is 24.0. The topological polar surface area (TPSA) is 89.8 Å². The molecule has 2 aromatic rings. The van der Waals surface area contributed by atoms with E-state index in [0.29, 0.717) is 48.8 Å². The maximum Gasteiger partial charge on any atom is 0.410 e. The molecule has 33 heavy (non-hydrogen) atoms. The van der Waals surface area contributed by atoms with Gasteiger partial charge in [-0.15, -0.1) is 0 Å². The molecule has 0 radical (unpaired) electrons. The molecule has 2 amide bonds. The summed E-state index contributed by atoms with van der Waals surface area (Å²) in [7, 11) is 3.33. The van der Waals surface area contributed by atoms with Gasteiger partial charge in [-0.05, 0) is 45.0 Å². The fraction of sp³-hybridized carbons (Fsp3) is 0.417. The van der Waals surface area contributed by atoms with Crippen LogP contribution in [0.15, 0.2) is 30.3 Å². The molecular weight excluding hydrogens is 425 g/mol. The number of hydrogen-bond donors (Lipinski definition) is 0. The van der Waals surface area contributed by atoms with E-state index in [9.17, 15) is 14.0 Å². The van der Waals surface area contributed by atoms with Crippen LogP contribution >= 0.6 is 0 Å². The summed E-state index contributed by atoms with van der Waals surface area (Å²) >= 11 is 0. The molecule has 8 nitrogen and oxygen atoms in total. The second-order valence-corrected chi connectivity index (χ2v) is 9.03. The first-order valence-corrected chi connectivity index (χ1v) is 10.7. The van der Waals surface area contributed by atoms with Crippen LogP contribution in [-0.4, -0.2) is 72.7 Å². The Kier molecular flexibility index (Phi) is 6.86. The summed E-state index contributed by atoms with van der Waals surface area (Å²) in [6.07, 6.45) is -0.374. The fourth-order valence-electron chi connectivity index (χ4n) is 3.45. The van der Waals surface area contributed by atoms with Crippen LogP contribution < -0.4 is 4.90 Å². The van der Waals surface area contributed by atoms with Crippen molar-refractivity contribution in [2.45, 2.75) is 26.4 Å². The van der Waals surface area contributed by atoms with Gasteiger partial charge >= 0.3 is 6.09 Å². The third-order valence-electron chi connectivity index (χ3n) is 5.13. The molecule has 0 aliphatic carbocycles. The Morgan fingerprint density at radius 1 is 1.12 bits per heavy atom. The van der Waals surface area contributed by atoms with Gasteiger partial charge in [0.25, 0.3) is 5.91 Å². The van der Waals surface area contributed by atoms with Crippen molar-refractivity contribution in [3.05, 3.63) is 47.3 Å². The minimum absolute atomic E-state index is 0.0448. The van der Waals surface area contributed by atoms with Crippen molar-refractivity contribution >= 4 is 17.8 Å². The number of carbonyl (C=O) groups is 2. The van der Waals surface area contributed by atoms with E-state index in [1.54, 1.807) is 43.3 Å². The van der Waals surface area contributed by atoms with Gasteiger partial charge in [0, 0.05) is 45.8 Å². The highest BCUT2D eigenvalue weighted by Gasteiger charge is 2.28. The Balaban J connectivity index is 1.90. The summed E-state index contributed by atoms with van der Waals surface area (Å²) in [6, 6.07) is 9.44. The Morgan fingerprint density at radius 3 is 2.33 bits per heavy atom. The zero-order chi connectivity index (χ0) is 24.3. The molecule has 174 valence electrons. The molecule has 0 N–H and O–H groups in total. The van der Waals surface area contributed by atoms with Crippen LogP contribution in [0.25, 0.3) is 11.3 Å². The Hall–Kier alpha value is -3.67. The van der Waals surface area contributed by atoms with Crippen LogP contribution in [0.5, 0.6) is 0 Å². The maximum atomic E-state index is 14.2. The number of aromatic nitrogens is 1.